The number of amides is 7. The minimum Gasteiger partial charge on any atom is -0.478 e. The Morgan fingerprint density at radius 1 is 0.640 bits per heavy atom. The molecule has 0 bridgehead atoms. The summed E-state index contributed by atoms with van der Waals surface area (Å²) in [6, 6.07) is 14.1. The van der Waals surface area contributed by atoms with Gasteiger partial charge in [-0.2, -0.15) is 0 Å². The highest BCUT2D eigenvalue weighted by atomic mass is 16.5. The van der Waals surface area contributed by atoms with Gasteiger partial charge in [0.15, 0.2) is 5.41 Å². The number of carbonyl (C=O) groups excluding carboxylic acids is 6. The second-order valence-electron chi connectivity index (χ2n) is 11.6. The van der Waals surface area contributed by atoms with Crippen LogP contribution in [-0.2, 0) is 45.3 Å². The van der Waals surface area contributed by atoms with Crippen molar-refractivity contribution in [1.29, 1.82) is 0 Å². The second-order valence-corrected chi connectivity index (χ2v) is 11.6. The Balaban J connectivity index is 1.14. The third-order valence-corrected chi connectivity index (χ3v) is 7.96. The summed E-state index contributed by atoms with van der Waals surface area (Å²) in [7, 11) is 0. The molecule has 0 aromatic heterocycles. The maximum absolute atomic E-state index is 12.8. The number of ether oxygens (including phenoxy) is 2. The van der Waals surface area contributed by atoms with Crippen molar-refractivity contribution in [3.63, 3.8) is 0 Å². The van der Waals surface area contributed by atoms with Gasteiger partial charge in [0.05, 0.1) is 32.0 Å². The predicted octanol–water partition coefficient (Wildman–Crippen LogP) is 1.34. The minimum absolute atomic E-state index is 0.127. The van der Waals surface area contributed by atoms with Crippen molar-refractivity contribution < 1.29 is 48.1 Å². The van der Waals surface area contributed by atoms with Crippen LogP contribution in [0, 0.1) is 0 Å². The summed E-state index contributed by atoms with van der Waals surface area (Å²) in [6.07, 6.45) is 2.61. The van der Waals surface area contributed by atoms with Crippen molar-refractivity contribution >= 4 is 41.5 Å². The quantitative estimate of drug-likeness (QED) is 0.0724. The number of aryl methyl sites for hydroxylation is 1. The number of rotatable bonds is 23. The van der Waals surface area contributed by atoms with E-state index in [1.165, 1.54) is 12.1 Å². The summed E-state index contributed by atoms with van der Waals surface area (Å²) < 4.78 is 10.9. The summed E-state index contributed by atoms with van der Waals surface area (Å²) in [5, 5.41) is 21.6. The average Bonchev–Trinajstić information content (AvgIpc) is 3.09. The lowest BCUT2D eigenvalue weighted by Crippen LogP contribution is -2.64. The van der Waals surface area contributed by atoms with E-state index in [-0.39, 0.29) is 49.0 Å². The van der Waals surface area contributed by atoms with Gasteiger partial charge in [-0.15, -0.1) is 0 Å². The number of hydrogen-bond acceptors (Lipinski definition) is 9. The standard InChI is InChI=1S/C35H45N5O10/c41-28(36-18-5-4-17-35(27-7-2-1-3-8-27)32(46)39-34(48)40-33(35)47)9-6-10-29(42)37-19-21-49-23-24-50-22-20-38-30(43)16-13-25-11-14-26(15-12-25)31(44)45/h1-3,7-8,11-12,14-15H,4-6,9-10,13,16-24H2,(H,36,41)(H,37,42)(H,38,43)(H,44,45)(H2,39,40,46,47,48). The summed E-state index contributed by atoms with van der Waals surface area (Å²) in [5.41, 5.74) is 0.0355. The first-order chi connectivity index (χ1) is 24.1. The molecule has 0 aliphatic carbocycles. The van der Waals surface area contributed by atoms with Gasteiger partial charge in [-0.1, -0.05) is 42.5 Å². The van der Waals surface area contributed by atoms with Crippen molar-refractivity contribution in [2.24, 2.45) is 0 Å². The zero-order chi connectivity index (χ0) is 36.2. The largest absolute Gasteiger partial charge is 0.478 e. The highest BCUT2D eigenvalue weighted by Crippen LogP contribution is 2.32. The second kappa shape index (κ2) is 21.0. The SMILES string of the molecule is O=C(CCCC(=O)NCCOCCOCCNC(=O)CCc1ccc(C(=O)O)cc1)NCCCCC1(c2ccccc2)C(=O)NC(=O)NC1=O. The van der Waals surface area contributed by atoms with Crippen LogP contribution in [0.5, 0.6) is 0 Å². The Morgan fingerprint density at radius 3 is 1.74 bits per heavy atom. The Bertz CT molecular complexity index is 1450. The first kappa shape index (κ1) is 39.3. The number of benzene rings is 2. The van der Waals surface area contributed by atoms with Gasteiger partial charge in [0.1, 0.15) is 0 Å². The Labute approximate surface area is 290 Å². The fourth-order valence-corrected chi connectivity index (χ4v) is 5.25. The molecule has 7 amide bonds. The van der Waals surface area contributed by atoms with Crippen molar-refractivity contribution in [2.75, 3.05) is 46.1 Å². The molecular formula is C35H45N5O10. The van der Waals surface area contributed by atoms with E-state index in [2.05, 4.69) is 26.6 Å². The summed E-state index contributed by atoms with van der Waals surface area (Å²) >= 11 is 0. The topological polar surface area (TPSA) is 218 Å². The van der Waals surface area contributed by atoms with Crippen LogP contribution in [0.15, 0.2) is 54.6 Å². The molecule has 0 atom stereocenters. The molecule has 3 rings (SSSR count). The van der Waals surface area contributed by atoms with Gasteiger partial charge in [-0.3, -0.25) is 34.6 Å². The summed E-state index contributed by atoms with van der Waals surface area (Å²) in [5.74, 6) is -2.87. The predicted molar refractivity (Wildman–Crippen MR) is 180 cm³/mol. The minimum atomic E-state index is -1.53. The van der Waals surface area contributed by atoms with Gasteiger partial charge in [0.25, 0.3) is 0 Å². The number of carbonyl (C=O) groups is 7. The van der Waals surface area contributed by atoms with E-state index in [1.807, 2.05) is 0 Å². The van der Waals surface area contributed by atoms with Gasteiger partial charge in [-0.05, 0) is 55.4 Å². The number of carboxylic acid groups (broad SMARTS) is 1. The maximum Gasteiger partial charge on any atom is 0.335 e. The van der Waals surface area contributed by atoms with Crippen LogP contribution in [0.4, 0.5) is 4.79 Å². The number of carboxylic acids is 1. The molecule has 0 radical (unpaired) electrons. The average molecular weight is 696 g/mol. The molecule has 1 aliphatic heterocycles. The van der Waals surface area contributed by atoms with Crippen LogP contribution < -0.4 is 26.6 Å². The molecular weight excluding hydrogens is 650 g/mol. The number of unbranched alkanes of at least 4 members (excludes halogenated alkanes) is 1. The Kier molecular flexibility index (Phi) is 16.5. The van der Waals surface area contributed by atoms with E-state index in [0.717, 1.165) is 5.56 Å². The third-order valence-electron chi connectivity index (χ3n) is 7.96. The number of imide groups is 2. The van der Waals surface area contributed by atoms with E-state index in [9.17, 15) is 33.6 Å². The van der Waals surface area contributed by atoms with Crippen LogP contribution >= 0.6 is 0 Å². The van der Waals surface area contributed by atoms with Crippen LogP contribution in [-0.4, -0.2) is 92.7 Å². The van der Waals surface area contributed by atoms with E-state index in [1.54, 1.807) is 42.5 Å². The first-order valence-electron chi connectivity index (χ1n) is 16.6. The van der Waals surface area contributed by atoms with Crippen molar-refractivity contribution in [2.45, 2.75) is 56.8 Å². The molecule has 1 fully saturated rings. The Morgan fingerprint density at radius 2 is 1.18 bits per heavy atom. The number of hydrogen-bond donors (Lipinski definition) is 6. The lowest BCUT2D eigenvalue weighted by atomic mass is 9.73. The number of aromatic carboxylic acids is 1. The number of urea groups is 1. The van der Waals surface area contributed by atoms with Gasteiger partial charge in [0, 0.05) is 38.9 Å². The highest BCUT2D eigenvalue weighted by Gasteiger charge is 2.51. The first-order valence-corrected chi connectivity index (χ1v) is 16.6. The molecule has 1 saturated heterocycles. The lowest BCUT2D eigenvalue weighted by Gasteiger charge is -2.34. The fraction of sp³-hybridized carbons (Fsp3) is 0.457. The van der Waals surface area contributed by atoms with Crippen molar-refractivity contribution in [3.05, 3.63) is 71.3 Å². The molecule has 0 spiro atoms. The van der Waals surface area contributed by atoms with Gasteiger partial charge < -0.3 is 30.5 Å². The van der Waals surface area contributed by atoms with E-state index >= 15 is 0 Å². The number of nitrogens with one attached hydrogen (secondary N) is 5. The fourth-order valence-electron chi connectivity index (χ4n) is 5.25. The van der Waals surface area contributed by atoms with Gasteiger partial charge in [0.2, 0.25) is 29.5 Å². The Hall–Kier alpha value is -5.15. The van der Waals surface area contributed by atoms with Gasteiger partial charge >= 0.3 is 12.0 Å². The molecule has 1 heterocycles. The molecule has 270 valence electrons. The van der Waals surface area contributed by atoms with Crippen LogP contribution in [0.1, 0.15) is 66.4 Å². The normalized spacial score (nSPS) is 13.6. The van der Waals surface area contributed by atoms with Crippen molar-refractivity contribution in [3.8, 4) is 0 Å². The zero-order valence-electron chi connectivity index (χ0n) is 27.9. The molecule has 2 aromatic carbocycles. The molecule has 0 saturated carbocycles. The molecule has 2 aromatic rings. The van der Waals surface area contributed by atoms with Crippen LogP contribution in [0.3, 0.4) is 0 Å². The smallest absolute Gasteiger partial charge is 0.335 e. The molecule has 15 heteroatoms. The monoisotopic (exact) mass is 695 g/mol. The number of barbiturate groups is 1. The van der Waals surface area contributed by atoms with Crippen molar-refractivity contribution in [1.82, 2.24) is 26.6 Å². The maximum atomic E-state index is 12.8. The van der Waals surface area contributed by atoms with Gasteiger partial charge in [-0.25, -0.2) is 9.59 Å². The molecule has 15 nitrogen and oxygen atoms in total. The third kappa shape index (κ3) is 13.0. The van der Waals surface area contributed by atoms with E-state index in [0.29, 0.717) is 77.3 Å². The van der Waals surface area contributed by atoms with Crippen LogP contribution in [0.25, 0.3) is 0 Å². The summed E-state index contributed by atoms with van der Waals surface area (Å²) in [4.78, 5) is 84.3. The molecule has 0 unspecified atom stereocenters. The van der Waals surface area contributed by atoms with E-state index in [4.69, 9.17) is 14.6 Å². The molecule has 6 N–H and O–H groups in total. The van der Waals surface area contributed by atoms with Crippen LogP contribution in [0.2, 0.25) is 0 Å². The zero-order valence-corrected chi connectivity index (χ0v) is 27.9. The lowest BCUT2D eigenvalue weighted by molar-refractivity contribution is -0.139. The van der Waals surface area contributed by atoms with E-state index < -0.39 is 29.2 Å². The highest BCUT2D eigenvalue weighted by molar-refractivity contribution is 6.22. The molecule has 50 heavy (non-hydrogen) atoms. The molecule has 1 aliphatic rings. The summed E-state index contributed by atoms with van der Waals surface area (Å²) in [6.45, 7) is 2.27.